The van der Waals surface area contributed by atoms with Gasteiger partial charge in [-0.25, -0.2) is 0 Å². The highest BCUT2D eigenvalue weighted by Gasteiger charge is 2.19. The third-order valence-corrected chi connectivity index (χ3v) is 3.06. The fourth-order valence-corrected chi connectivity index (χ4v) is 2.09. The van der Waals surface area contributed by atoms with Crippen LogP contribution in [-0.4, -0.2) is 6.04 Å². The lowest BCUT2D eigenvalue weighted by Crippen LogP contribution is -2.29. The SMILES string of the molecule is NC1CC(=Cc2c(Cl)cccc2Cl)C1. The summed E-state index contributed by atoms with van der Waals surface area (Å²) in [6, 6.07) is 5.86. The number of benzene rings is 1. The van der Waals surface area contributed by atoms with Crippen LogP contribution in [0.2, 0.25) is 10.0 Å². The predicted molar refractivity (Wildman–Crippen MR) is 61.6 cm³/mol. The van der Waals surface area contributed by atoms with Crippen LogP contribution in [0.4, 0.5) is 0 Å². The highest BCUT2D eigenvalue weighted by atomic mass is 35.5. The Kier molecular flexibility index (Phi) is 2.82. The summed E-state index contributed by atoms with van der Waals surface area (Å²) in [5.41, 5.74) is 7.93. The smallest absolute Gasteiger partial charge is 0.0493 e. The van der Waals surface area contributed by atoms with Crippen LogP contribution in [-0.2, 0) is 0 Å². The van der Waals surface area contributed by atoms with Gasteiger partial charge in [-0.1, -0.05) is 40.9 Å². The molecule has 1 nitrogen and oxygen atoms in total. The minimum atomic E-state index is 0.322. The molecule has 0 aromatic heterocycles. The molecule has 0 bridgehead atoms. The zero-order valence-electron chi connectivity index (χ0n) is 7.63. The van der Waals surface area contributed by atoms with Crippen molar-refractivity contribution in [2.45, 2.75) is 18.9 Å². The van der Waals surface area contributed by atoms with E-state index in [1.54, 1.807) is 0 Å². The fourth-order valence-electron chi connectivity index (χ4n) is 1.58. The largest absolute Gasteiger partial charge is 0.327 e. The van der Waals surface area contributed by atoms with E-state index in [1.807, 2.05) is 24.3 Å². The fraction of sp³-hybridized carbons (Fsp3) is 0.273. The van der Waals surface area contributed by atoms with E-state index in [-0.39, 0.29) is 0 Å². The van der Waals surface area contributed by atoms with E-state index >= 15 is 0 Å². The van der Waals surface area contributed by atoms with Gasteiger partial charge in [0.15, 0.2) is 0 Å². The zero-order valence-corrected chi connectivity index (χ0v) is 9.15. The van der Waals surface area contributed by atoms with Crippen molar-refractivity contribution >= 4 is 29.3 Å². The maximum absolute atomic E-state index is 6.03. The van der Waals surface area contributed by atoms with Crippen molar-refractivity contribution in [3.63, 3.8) is 0 Å². The van der Waals surface area contributed by atoms with Gasteiger partial charge in [0.05, 0.1) is 0 Å². The molecule has 2 N–H and O–H groups in total. The first kappa shape index (κ1) is 10.0. The lowest BCUT2D eigenvalue weighted by Gasteiger charge is -2.25. The molecule has 0 heterocycles. The number of nitrogens with two attached hydrogens (primary N) is 1. The summed E-state index contributed by atoms with van der Waals surface area (Å²) >= 11 is 12.1. The predicted octanol–water partition coefficient (Wildman–Crippen LogP) is 3.50. The summed E-state index contributed by atoms with van der Waals surface area (Å²) in [7, 11) is 0. The topological polar surface area (TPSA) is 26.0 Å². The van der Waals surface area contributed by atoms with Gasteiger partial charge in [-0.05, 0) is 25.0 Å². The minimum Gasteiger partial charge on any atom is -0.327 e. The van der Waals surface area contributed by atoms with Crippen molar-refractivity contribution in [2.24, 2.45) is 5.73 Å². The molecule has 0 saturated heterocycles. The van der Waals surface area contributed by atoms with Crippen LogP contribution in [0, 0.1) is 0 Å². The summed E-state index contributed by atoms with van der Waals surface area (Å²) in [5.74, 6) is 0. The molecule has 0 atom stereocenters. The third-order valence-electron chi connectivity index (χ3n) is 2.40. The van der Waals surface area contributed by atoms with Gasteiger partial charge in [0.25, 0.3) is 0 Å². The first-order valence-corrected chi connectivity index (χ1v) is 5.31. The summed E-state index contributed by atoms with van der Waals surface area (Å²) in [6.07, 6.45) is 3.97. The lowest BCUT2D eigenvalue weighted by molar-refractivity contribution is 0.547. The van der Waals surface area contributed by atoms with Gasteiger partial charge in [0.2, 0.25) is 0 Å². The average molecular weight is 228 g/mol. The average Bonchev–Trinajstić information content (AvgIpc) is 2.08. The maximum atomic E-state index is 6.03. The molecule has 1 fully saturated rings. The Labute approximate surface area is 93.5 Å². The van der Waals surface area contributed by atoms with Gasteiger partial charge < -0.3 is 5.73 Å². The summed E-state index contributed by atoms with van der Waals surface area (Å²) in [5, 5.41) is 1.40. The molecule has 2 rings (SSSR count). The monoisotopic (exact) mass is 227 g/mol. The number of hydrogen-bond donors (Lipinski definition) is 1. The lowest BCUT2D eigenvalue weighted by atomic mass is 9.86. The Bertz CT molecular complexity index is 357. The number of rotatable bonds is 1. The van der Waals surface area contributed by atoms with Crippen LogP contribution >= 0.6 is 23.2 Å². The van der Waals surface area contributed by atoms with Crippen molar-refractivity contribution in [1.29, 1.82) is 0 Å². The van der Waals surface area contributed by atoms with Crippen LogP contribution in [0.5, 0.6) is 0 Å². The van der Waals surface area contributed by atoms with Gasteiger partial charge in [0, 0.05) is 21.7 Å². The van der Waals surface area contributed by atoms with Gasteiger partial charge in [-0.3, -0.25) is 0 Å². The summed E-state index contributed by atoms with van der Waals surface area (Å²) in [4.78, 5) is 0. The molecule has 1 aromatic carbocycles. The second-order valence-electron chi connectivity index (χ2n) is 3.61. The van der Waals surface area contributed by atoms with Crippen LogP contribution in [0.15, 0.2) is 23.8 Å². The molecule has 3 heteroatoms. The standard InChI is InChI=1S/C11H11Cl2N/c12-10-2-1-3-11(13)9(10)6-7-4-8(14)5-7/h1-3,6,8H,4-5,14H2. The molecule has 0 unspecified atom stereocenters. The van der Waals surface area contributed by atoms with E-state index in [0.717, 1.165) is 18.4 Å². The molecular formula is C11H11Cl2N. The maximum Gasteiger partial charge on any atom is 0.0493 e. The van der Waals surface area contributed by atoms with Crippen molar-refractivity contribution in [3.05, 3.63) is 39.4 Å². The first-order chi connectivity index (χ1) is 6.66. The van der Waals surface area contributed by atoms with Crippen molar-refractivity contribution < 1.29 is 0 Å². The Balaban J connectivity index is 2.29. The van der Waals surface area contributed by atoms with Gasteiger partial charge >= 0.3 is 0 Å². The van der Waals surface area contributed by atoms with Crippen LogP contribution in [0.25, 0.3) is 6.08 Å². The van der Waals surface area contributed by atoms with Crippen LogP contribution < -0.4 is 5.73 Å². The van der Waals surface area contributed by atoms with E-state index in [4.69, 9.17) is 28.9 Å². The normalized spacial score (nSPS) is 20.5. The first-order valence-electron chi connectivity index (χ1n) is 4.56. The zero-order chi connectivity index (χ0) is 10.1. The molecule has 0 amide bonds. The van der Waals surface area contributed by atoms with Gasteiger partial charge in [-0.2, -0.15) is 0 Å². The van der Waals surface area contributed by atoms with E-state index in [1.165, 1.54) is 5.57 Å². The summed E-state index contributed by atoms with van der Waals surface area (Å²) < 4.78 is 0. The summed E-state index contributed by atoms with van der Waals surface area (Å²) in [6.45, 7) is 0. The van der Waals surface area contributed by atoms with E-state index in [9.17, 15) is 0 Å². The molecule has 74 valence electrons. The van der Waals surface area contributed by atoms with Crippen molar-refractivity contribution in [3.8, 4) is 0 Å². The second kappa shape index (κ2) is 3.93. The van der Waals surface area contributed by atoms with Crippen LogP contribution in [0.3, 0.4) is 0 Å². The van der Waals surface area contributed by atoms with E-state index in [2.05, 4.69) is 0 Å². The van der Waals surface area contributed by atoms with Crippen molar-refractivity contribution in [1.82, 2.24) is 0 Å². The van der Waals surface area contributed by atoms with E-state index in [0.29, 0.717) is 16.1 Å². The molecule has 1 aromatic rings. The molecule has 0 aliphatic heterocycles. The molecule has 0 radical (unpaired) electrons. The minimum absolute atomic E-state index is 0.322. The molecule has 0 spiro atoms. The molecule has 1 aliphatic carbocycles. The molecular weight excluding hydrogens is 217 g/mol. The Morgan fingerprint density at radius 1 is 1.21 bits per heavy atom. The quantitative estimate of drug-likeness (QED) is 0.782. The van der Waals surface area contributed by atoms with E-state index < -0.39 is 0 Å². The molecule has 14 heavy (non-hydrogen) atoms. The van der Waals surface area contributed by atoms with Gasteiger partial charge in [-0.15, -0.1) is 0 Å². The number of halogens is 2. The molecule has 1 aliphatic rings. The Morgan fingerprint density at radius 2 is 1.79 bits per heavy atom. The highest BCUT2D eigenvalue weighted by Crippen LogP contribution is 2.32. The Hall–Kier alpha value is -0.500. The Morgan fingerprint density at radius 3 is 2.29 bits per heavy atom. The van der Waals surface area contributed by atoms with Crippen LogP contribution in [0.1, 0.15) is 18.4 Å². The molecule has 1 saturated carbocycles. The third kappa shape index (κ3) is 1.95. The van der Waals surface area contributed by atoms with Crippen molar-refractivity contribution in [2.75, 3.05) is 0 Å². The second-order valence-corrected chi connectivity index (χ2v) is 4.42. The number of hydrogen-bond acceptors (Lipinski definition) is 1. The van der Waals surface area contributed by atoms with Gasteiger partial charge in [0.1, 0.15) is 0 Å². The highest BCUT2D eigenvalue weighted by molar-refractivity contribution is 6.37.